The van der Waals surface area contributed by atoms with Gasteiger partial charge in [-0.15, -0.1) is 0 Å². The summed E-state index contributed by atoms with van der Waals surface area (Å²) in [7, 11) is 0. The van der Waals surface area contributed by atoms with Gasteiger partial charge in [0.25, 0.3) is 0 Å². The number of aromatic nitrogens is 4. The average molecular weight is 508 g/mol. The van der Waals surface area contributed by atoms with E-state index in [1.54, 1.807) is 29.7 Å². The Hall–Kier alpha value is -2.65. The first-order valence-corrected chi connectivity index (χ1v) is 12.9. The van der Waals surface area contributed by atoms with E-state index >= 15 is 0 Å². The molecule has 1 fully saturated rings. The van der Waals surface area contributed by atoms with Crippen molar-refractivity contribution in [2.45, 2.75) is 26.3 Å². The summed E-state index contributed by atoms with van der Waals surface area (Å²) in [5.74, 6) is 0.817. The predicted octanol–water partition coefficient (Wildman–Crippen LogP) is 5.65. The van der Waals surface area contributed by atoms with E-state index < -0.39 is 0 Å². The van der Waals surface area contributed by atoms with Crippen molar-refractivity contribution in [3.05, 3.63) is 89.7 Å². The van der Waals surface area contributed by atoms with E-state index in [0.29, 0.717) is 6.42 Å². The molecule has 34 heavy (non-hydrogen) atoms. The zero-order chi connectivity index (χ0) is 23.2. The quantitative estimate of drug-likeness (QED) is 0.235. The normalized spacial score (nSPS) is 13.7. The molecule has 3 heterocycles. The summed E-state index contributed by atoms with van der Waals surface area (Å²) in [5.41, 5.74) is 2.44. The first-order valence-electron chi connectivity index (χ1n) is 10.9. The van der Waals surface area contributed by atoms with Crippen LogP contribution in [0.25, 0.3) is 0 Å². The van der Waals surface area contributed by atoms with Gasteiger partial charge in [0.15, 0.2) is 0 Å². The number of hydrogen-bond acceptors (Lipinski definition) is 8. The topological polar surface area (TPSA) is 64.0 Å². The van der Waals surface area contributed by atoms with Gasteiger partial charge in [-0.2, -0.15) is 0 Å². The summed E-state index contributed by atoms with van der Waals surface area (Å²) >= 11 is 9.05. The molecule has 6 nitrogen and oxygen atoms in total. The fourth-order valence-corrected chi connectivity index (χ4v) is 5.31. The van der Waals surface area contributed by atoms with Crippen LogP contribution in [0, 0.1) is 0 Å². The zero-order valence-electron chi connectivity index (χ0n) is 18.3. The maximum absolute atomic E-state index is 5.87. The molecule has 0 unspecified atom stereocenters. The van der Waals surface area contributed by atoms with Crippen LogP contribution in [0.4, 0.5) is 5.69 Å². The molecule has 0 saturated carbocycles. The summed E-state index contributed by atoms with van der Waals surface area (Å²) in [4.78, 5) is 21.9. The SMILES string of the molecule is Clc1nccc(Sc2ccc(Sc3ccnc(Cc4ccc(N5CCOCC5)cc4)n3)cc2)n1. The van der Waals surface area contributed by atoms with Crippen molar-refractivity contribution in [3.63, 3.8) is 0 Å². The van der Waals surface area contributed by atoms with Crippen LogP contribution in [0.5, 0.6) is 0 Å². The monoisotopic (exact) mass is 507 g/mol. The van der Waals surface area contributed by atoms with Gasteiger partial charge >= 0.3 is 0 Å². The lowest BCUT2D eigenvalue weighted by atomic mass is 10.1. The van der Waals surface area contributed by atoms with Crippen LogP contribution in [0.15, 0.2) is 92.9 Å². The molecular weight excluding hydrogens is 486 g/mol. The van der Waals surface area contributed by atoms with E-state index in [-0.39, 0.29) is 5.28 Å². The largest absolute Gasteiger partial charge is 0.378 e. The maximum Gasteiger partial charge on any atom is 0.223 e. The van der Waals surface area contributed by atoms with Gasteiger partial charge in [0.05, 0.1) is 13.2 Å². The lowest BCUT2D eigenvalue weighted by molar-refractivity contribution is 0.122. The van der Waals surface area contributed by atoms with Crippen molar-refractivity contribution < 1.29 is 4.74 Å². The van der Waals surface area contributed by atoms with Crippen molar-refractivity contribution in [2.75, 3.05) is 31.2 Å². The highest BCUT2D eigenvalue weighted by Crippen LogP contribution is 2.31. The third-order valence-corrected chi connectivity index (χ3v) is 7.29. The summed E-state index contributed by atoms with van der Waals surface area (Å²) < 4.78 is 5.44. The minimum Gasteiger partial charge on any atom is -0.378 e. The highest BCUT2D eigenvalue weighted by Gasteiger charge is 2.11. The summed E-state index contributed by atoms with van der Waals surface area (Å²) in [5, 5.41) is 2.00. The van der Waals surface area contributed by atoms with Gasteiger partial charge in [-0.3, -0.25) is 0 Å². The third-order valence-electron chi connectivity index (χ3n) is 5.22. The molecule has 5 rings (SSSR count). The number of anilines is 1. The fourth-order valence-electron chi connectivity index (χ4n) is 3.54. The standard InChI is InChI=1S/C25H22ClN5OS2/c26-25-28-12-10-24(30-25)34-21-7-5-20(6-8-21)33-23-9-11-27-22(29-23)17-18-1-3-19(4-2-18)31-13-15-32-16-14-31/h1-12H,13-17H2. The van der Waals surface area contributed by atoms with Gasteiger partial charge in [-0.1, -0.05) is 35.7 Å². The highest BCUT2D eigenvalue weighted by molar-refractivity contribution is 7.99. The van der Waals surface area contributed by atoms with Crippen LogP contribution < -0.4 is 4.90 Å². The molecule has 2 aromatic carbocycles. The van der Waals surface area contributed by atoms with Gasteiger partial charge in [0.2, 0.25) is 5.28 Å². The molecule has 1 aliphatic heterocycles. The molecule has 172 valence electrons. The molecule has 0 bridgehead atoms. The van der Waals surface area contributed by atoms with Crippen molar-refractivity contribution in [1.82, 2.24) is 19.9 Å². The molecule has 1 saturated heterocycles. The summed E-state index contributed by atoms with van der Waals surface area (Å²) in [6.07, 6.45) is 4.19. The van der Waals surface area contributed by atoms with Crippen LogP contribution in [0.2, 0.25) is 5.28 Å². The van der Waals surface area contributed by atoms with Crippen molar-refractivity contribution in [3.8, 4) is 0 Å². The minimum atomic E-state index is 0.254. The van der Waals surface area contributed by atoms with Crippen LogP contribution in [-0.4, -0.2) is 46.2 Å². The first kappa shape index (κ1) is 23.1. The lowest BCUT2D eigenvalue weighted by Crippen LogP contribution is -2.36. The molecule has 0 aliphatic carbocycles. The van der Waals surface area contributed by atoms with Gasteiger partial charge in [0, 0.05) is 47.4 Å². The Morgan fingerprint density at radius 2 is 1.38 bits per heavy atom. The number of rotatable bonds is 7. The number of nitrogens with zero attached hydrogens (tertiary/aromatic N) is 5. The van der Waals surface area contributed by atoms with Crippen LogP contribution in [0.1, 0.15) is 11.4 Å². The Balaban J connectivity index is 1.20. The molecule has 0 amide bonds. The fraction of sp³-hybridized carbons (Fsp3) is 0.200. The Morgan fingerprint density at radius 3 is 2.03 bits per heavy atom. The van der Waals surface area contributed by atoms with E-state index in [9.17, 15) is 0 Å². The maximum atomic E-state index is 5.87. The second-order valence-corrected chi connectivity index (χ2v) is 10.1. The summed E-state index contributed by atoms with van der Waals surface area (Å²) in [6.45, 7) is 3.46. The zero-order valence-corrected chi connectivity index (χ0v) is 20.7. The number of benzene rings is 2. The van der Waals surface area contributed by atoms with Gasteiger partial charge in [-0.05, 0) is 65.7 Å². The molecule has 4 aromatic rings. The second kappa shape index (κ2) is 11.2. The van der Waals surface area contributed by atoms with Crippen molar-refractivity contribution >= 4 is 40.8 Å². The van der Waals surface area contributed by atoms with Crippen molar-refractivity contribution in [2.24, 2.45) is 0 Å². The molecule has 0 N–H and O–H groups in total. The molecule has 0 spiro atoms. The van der Waals surface area contributed by atoms with E-state index in [1.807, 2.05) is 18.3 Å². The van der Waals surface area contributed by atoms with Gasteiger partial charge in [0.1, 0.15) is 15.9 Å². The van der Waals surface area contributed by atoms with Gasteiger partial charge < -0.3 is 9.64 Å². The average Bonchev–Trinajstić information content (AvgIpc) is 2.87. The van der Waals surface area contributed by atoms with Crippen LogP contribution in [-0.2, 0) is 11.2 Å². The summed E-state index contributed by atoms with van der Waals surface area (Å²) in [6, 6.07) is 20.8. The van der Waals surface area contributed by atoms with Crippen LogP contribution in [0.3, 0.4) is 0 Å². The number of halogens is 1. The number of ether oxygens (including phenoxy) is 1. The minimum absolute atomic E-state index is 0.254. The molecule has 1 aliphatic rings. The van der Waals surface area contributed by atoms with Crippen LogP contribution >= 0.6 is 35.1 Å². The smallest absolute Gasteiger partial charge is 0.223 e. The lowest BCUT2D eigenvalue weighted by Gasteiger charge is -2.28. The Bertz CT molecular complexity index is 1230. The van der Waals surface area contributed by atoms with E-state index in [1.165, 1.54) is 11.3 Å². The van der Waals surface area contributed by atoms with E-state index in [0.717, 1.165) is 52.0 Å². The number of hydrogen-bond donors (Lipinski definition) is 0. The Morgan fingerprint density at radius 1 is 0.765 bits per heavy atom. The van der Waals surface area contributed by atoms with Crippen molar-refractivity contribution in [1.29, 1.82) is 0 Å². The Kier molecular flexibility index (Phi) is 7.60. The first-order chi connectivity index (χ1) is 16.7. The number of morpholine rings is 1. The Labute approximate surface area is 212 Å². The van der Waals surface area contributed by atoms with E-state index in [2.05, 4.69) is 68.4 Å². The second-order valence-electron chi connectivity index (χ2n) is 7.59. The van der Waals surface area contributed by atoms with Gasteiger partial charge in [-0.25, -0.2) is 19.9 Å². The molecule has 9 heteroatoms. The third kappa shape index (κ3) is 6.27. The molecule has 2 aromatic heterocycles. The molecular formula is C25H22ClN5OS2. The predicted molar refractivity (Wildman–Crippen MR) is 136 cm³/mol. The molecule has 0 atom stereocenters. The highest BCUT2D eigenvalue weighted by atomic mass is 35.5. The van der Waals surface area contributed by atoms with E-state index in [4.69, 9.17) is 21.3 Å². The molecule has 0 radical (unpaired) electrons.